The van der Waals surface area contributed by atoms with Crippen LogP contribution in [0.4, 0.5) is 5.69 Å². The van der Waals surface area contributed by atoms with Crippen molar-refractivity contribution < 1.29 is 31.9 Å². The highest BCUT2D eigenvalue weighted by molar-refractivity contribution is 7.91. The Labute approximate surface area is 186 Å². The fraction of sp³-hybridized carbons (Fsp3) is 0.273. The number of ether oxygens (including phenoxy) is 3. The summed E-state index contributed by atoms with van der Waals surface area (Å²) in [5, 5.41) is 6.49. The largest absolute Gasteiger partial charge is 0.495 e. The van der Waals surface area contributed by atoms with Gasteiger partial charge in [0.05, 0.1) is 32.8 Å². The molecule has 0 saturated heterocycles. The molecule has 10 heteroatoms. The van der Waals surface area contributed by atoms with Gasteiger partial charge >= 0.3 is 0 Å². The molecule has 0 radical (unpaired) electrons. The number of aromatic nitrogens is 1. The Hall–Kier alpha value is -3.53. The molecule has 0 bridgehead atoms. The van der Waals surface area contributed by atoms with Crippen LogP contribution in [0.3, 0.4) is 0 Å². The molecule has 0 aliphatic heterocycles. The van der Waals surface area contributed by atoms with E-state index in [4.69, 9.17) is 18.7 Å². The van der Waals surface area contributed by atoms with Crippen molar-refractivity contribution in [2.24, 2.45) is 0 Å². The predicted molar refractivity (Wildman–Crippen MR) is 118 cm³/mol. The average molecular weight is 461 g/mol. The number of nitrogens with one attached hydrogen (secondary N) is 1. The van der Waals surface area contributed by atoms with Gasteiger partial charge in [-0.2, -0.15) is 0 Å². The lowest BCUT2D eigenvalue weighted by atomic mass is 10.1. The van der Waals surface area contributed by atoms with Crippen LogP contribution >= 0.6 is 0 Å². The summed E-state index contributed by atoms with van der Waals surface area (Å²) >= 11 is 0. The van der Waals surface area contributed by atoms with Crippen molar-refractivity contribution in [1.82, 2.24) is 5.16 Å². The Morgan fingerprint density at radius 2 is 1.66 bits per heavy atom. The van der Waals surface area contributed by atoms with Crippen LogP contribution in [0.2, 0.25) is 0 Å². The molecule has 32 heavy (non-hydrogen) atoms. The predicted octanol–water partition coefficient (Wildman–Crippen LogP) is 3.48. The second kappa shape index (κ2) is 9.73. The number of hydrogen-bond donors (Lipinski definition) is 1. The number of carbonyl (C=O) groups excluding carboxylic acids is 1. The normalized spacial score (nSPS) is 11.1. The van der Waals surface area contributed by atoms with Crippen LogP contribution in [0.1, 0.15) is 12.1 Å². The van der Waals surface area contributed by atoms with Gasteiger partial charge in [0.1, 0.15) is 10.6 Å². The minimum absolute atomic E-state index is 0.0227. The van der Waals surface area contributed by atoms with Gasteiger partial charge in [-0.25, -0.2) is 8.42 Å². The molecule has 1 heterocycles. The van der Waals surface area contributed by atoms with Crippen LogP contribution in [-0.2, 0) is 14.6 Å². The molecule has 1 amide bonds. The number of anilines is 1. The molecule has 1 N–H and O–H groups in total. The number of benzene rings is 2. The number of rotatable bonds is 9. The van der Waals surface area contributed by atoms with Crippen LogP contribution in [0, 0.1) is 6.92 Å². The zero-order valence-electron chi connectivity index (χ0n) is 18.2. The lowest BCUT2D eigenvalue weighted by Gasteiger charge is -2.12. The Balaban J connectivity index is 1.75. The van der Waals surface area contributed by atoms with Crippen LogP contribution < -0.4 is 19.5 Å². The summed E-state index contributed by atoms with van der Waals surface area (Å²) in [7, 11) is 0.547. The average Bonchev–Trinajstić information content (AvgIpc) is 3.23. The molecule has 3 aromatic rings. The first-order valence-electron chi connectivity index (χ1n) is 9.63. The van der Waals surface area contributed by atoms with Crippen molar-refractivity contribution in [3.05, 3.63) is 48.2 Å². The number of aryl methyl sites for hydroxylation is 1. The van der Waals surface area contributed by atoms with Gasteiger partial charge in [0.25, 0.3) is 0 Å². The van der Waals surface area contributed by atoms with Gasteiger partial charge in [0, 0.05) is 29.8 Å². The second-order valence-electron chi connectivity index (χ2n) is 6.88. The van der Waals surface area contributed by atoms with Crippen molar-refractivity contribution in [1.29, 1.82) is 0 Å². The van der Waals surface area contributed by atoms with E-state index in [0.29, 0.717) is 34.2 Å². The van der Waals surface area contributed by atoms with E-state index in [1.54, 1.807) is 43.3 Å². The van der Waals surface area contributed by atoms with Crippen LogP contribution in [0.25, 0.3) is 11.3 Å². The summed E-state index contributed by atoms with van der Waals surface area (Å²) in [6, 6.07) is 11.3. The summed E-state index contributed by atoms with van der Waals surface area (Å²) in [5.74, 6) is 0.727. The van der Waals surface area contributed by atoms with E-state index >= 15 is 0 Å². The fourth-order valence-electron chi connectivity index (χ4n) is 3.05. The third-order valence-electron chi connectivity index (χ3n) is 4.68. The number of sulfone groups is 1. The molecule has 0 fully saturated rings. The molecular formula is C22H24N2O7S. The smallest absolute Gasteiger partial charge is 0.225 e. The summed E-state index contributed by atoms with van der Waals surface area (Å²) in [4.78, 5) is 12.4. The van der Waals surface area contributed by atoms with E-state index in [0.717, 1.165) is 0 Å². The van der Waals surface area contributed by atoms with Crippen LogP contribution in [-0.4, -0.2) is 46.6 Å². The first-order valence-corrected chi connectivity index (χ1v) is 11.3. The number of nitrogens with zero attached hydrogens (tertiary/aromatic N) is 1. The first kappa shape index (κ1) is 23.1. The Morgan fingerprint density at radius 1 is 0.969 bits per heavy atom. The molecule has 1 aromatic heterocycles. The molecule has 0 aliphatic rings. The van der Waals surface area contributed by atoms with Gasteiger partial charge in [0.15, 0.2) is 27.1 Å². The zero-order valence-corrected chi connectivity index (χ0v) is 19.0. The monoisotopic (exact) mass is 460 g/mol. The number of methoxy groups -OCH3 is 3. The van der Waals surface area contributed by atoms with E-state index in [1.165, 1.54) is 27.4 Å². The quantitative estimate of drug-likeness (QED) is 0.516. The van der Waals surface area contributed by atoms with Crippen molar-refractivity contribution in [2.75, 3.05) is 32.4 Å². The SMILES string of the molecule is COc1ccc(NC(=O)CCS(=O)(=O)c2cc(-c3cc(C)no3)ccc2OC)cc1OC. The van der Waals surface area contributed by atoms with Crippen molar-refractivity contribution >= 4 is 21.4 Å². The minimum Gasteiger partial charge on any atom is -0.495 e. The highest BCUT2D eigenvalue weighted by Crippen LogP contribution is 2.32. The number of hydrogen-bond acceptors (Lipinski definition) is 8. The fourth-order valence-corrected chi connectivity index (χ4v) is 4.49. The highest BCUT2D eigenvalue weighted by Gasteiger charge is 2.23. The van der Waals surface area contributed by atoms with Gasteiger partial charge in [-0.05, 0) is 37.3 Å². The van der Waals surface area contributed by atoms with Crippen LogP contribution in [0.15, 0.2) is 51.9 Å². The molecule has 0 spiro atoms. The summed E-state index contributed by atoms with van der Waals surface area (Å²) < 4.78 is 46.8. The lowest BCUT2D eigenvalue weighted by Crippen LogP contribution is -2.18. The highest BCUT2D eigenvalue weighted by atomic mass is 32.2. The van der Waals surface area contributed by atoms with E-state index in [9.17, 15) is 13.2 Å². The minimum atomic E-state index is -3.83. The summed E-state index contributed by atoms with van der Waals surface area (Å²) in [6.45, 7) is 1.77. The van der Waals surface area contributed by atoms with Gasteiger partial charge in [-0.15, -0.1) is 0 Å². The maximum Gasteiger partial charge on any atom is 0.225 e. The zero-order chi connectivity index (χ0) is 23.3. The third kappa shape index (κ3) is 5.20. The van der Waals surface area contributed by atoms with Crippen molar-refractivity contribution in [3.63, 3.8) is 0 Å². The van der Waals surface area contributed by atoms with Gasteiger partial charge in [-0.1, -0.05) is 5.16 Å². The van der Waals surface area contributed by atoms with Crippen molar-refractivity contribution in [3.8, 4) is 28.6 Å². The van der Waals surface area contributed by atoms with E-state index in [2.05, 4.69) is 10.5 Å². The Kier molecular flexibility index (Phi) is 7.04. The molecule has 3 rings (SSSR count). The van der Waals surface area contributed by atoms with Crippen molar-refractivity contribution in [2.45, 2.75) is 18.2 Å². The standard InChI is InChI=1S/C22H24N2O7S/c1-14-11-19(31-24-14)15-5-7-18(29-3)21(12-15)32(26,27)10-9-22(25)23-16-6-8-17(28-2)20(13-16)30-4/h5-8,11-13H,9-10H2,1-4H3,(H,23,25). The maximum atomic E-state index is 13.0. The second-order valence-corrected chi connectivity index (χ2v) is 8.96. The molecular weight excluding hydrogens is 436 g/mol. The molecule has 0 atom stereocenters. The van der Waals surface area contributed by atoms with Gasteiger partial charge in [-0.3, -0.25) is 4.79 Å². The third-order valence-corrected chi connectivity index (χ3v) is 6.41. The lowest BCUT2D eigenvalue weighted by molar-refractivity contribution is -0.115. The number of amides is 1. The molecule has 2 aromatic carbocycles. The Bertz CT molecular complexity index is 1220. The van der Waals surface area contributed by atoms with Crippen LogP contribution in [0.5, 0.6) is 17.2 Å². The molecule has 0 aliphatic carbocycles. The molecule has 0 unspecified atom stereocenters. The van der Waals surface area contributed by atoms with E-state index in [-0.39, 0.29) is 17.1 Å². The molecule has 9 nitrogen and oxygen atoms in total. The van der Waals surface area contributed by atoms with Gasteiger partial charge in [0.2, 0.25) is 5.91 Å². The Morgan fingerprint density at radius 3 is 2.28 bits per heavy atom. The molecule has 0 saturated carbocycles. The van der Waals surface area contributed by atoms with Gasteiger partial charge < -0.3 is 24.1 Å². The van der Waals surface area contributed by atoms with E-state index in [1.807, 2.05) is 0 Å². The van der Waals surface area contributed by atoms with E-state index < -0.39 is 21.5 Å². The topological polar surface area (TPSA) is 117 Å². The molecule has 170 valence electrons. The number of carbonyl (C=O) groups is 1. The summed E-state index contributed by atoms with van der Waals surface area (Å²) in [5.41, 5.74) is 1.68. The summed E-state index contributed by atoms with van der Waals surface area (Å²) in [6.07, 6.45) is -0.245. The first-order chi connectivity index (χ1) is 15.3. The maximum absolute atomic E-state index is 13.0.